The molecule has 17 heavy (non-hydrogen) atoms. The zero-order chi connectivity index (χ0) is 13.1. The van der Waals surface area contributed by atoms with Crippen LogP contribution in [0.5, 0.6) is 0 Å². The highest BCUT2D eigenvalue weighted by atomic mass is 28.3. The van der Waals surface area contributed by atoms with Crippen LogP contribution >= 0.6 is 0 Å². The molecule has 0 fully saturated rings. The molecule has 1 unspecified atom stereocenters. The Kier molecular flexibility index (Phi) is 4.99. The van der Waals surface area contributed by atoms with Crippen molar-refractivity contribution in [1.82, 2.24) is 0 Å². The van der Waals surface area contributed by atoms with Gasteiger partial charge in [0.15, 0.2) is 11.5 Å². The molecule has 0 aromatic rings. The molecule has 3 heteroatoms. The smallest absolute Gasteiger partial charge is 0.197 e. The zero-order valence-electron chi connectivity index (χ0n) is 11.7. The normalized spacial score (nSPS) is 21.4. The maximum Gasteiger partial charge on any atom is 0.197 e. The van der Waals surface area contributed by atoms with E-state index in [1.807, 2.05) is 0 Å². The molecule has 0 spiro atoms. The van der Waals surface area contributed by atoms with Gasteiger partial charge in [0.25, 0.3) is 0 Å². The van der Waals surface area contributed by atoms with Crippen molar-refractivity contribution in [3.63, 3.8) is 0 Å². The van der Waals surface area contributed by atoms with Crippen LogP contribution in [0.25, 0.3) is 0 Å². The lowest BCUT2D eigenvalue weighted by Crippen LogP contribution is -2.28. The fraction of sp³-hybridized carbons (Fsp3) is 0.786. The summed E-state index contributed by atoms with van der Waals surface area (Å²) >= 11 is 0. The summed E-state index contributed by atoms with van der Waals surface area (Å²) in [7, 11) is -1.55. The van der Waals surface area contributed by atoms with Crippen molar-refractivity contribution in [2.24, 2.45) is 5.92 Å². The first-order valence-corrected chi connectivity index (χ1v) is 10.3. The van der Waals surface area contributed by atoms with Crippen LogP contribution in [0.15, 0.2) is 11.0 Å². The summed E-state index contributed by atoms with van der Waals surface area (Å²) in [4.78, 5) is 11.6. The lowest BCUT2D eigenvalue weighted by Gasteiger charge is -2.24. The average molecular weight is 254 g/mol. The second kappa shape index (κ2) is 5.85. The summed E-state index contributed by atoms with van der Waals surface area (Å²) in [5.41, 5.74) is 0. The van der Waals surface area contributed by atoms with Crippen LogP contribution in [0.1, 0.15) is 45.4 Å². The summed E-state index contributed by atoms with van der Waals surface area (Å²) in [5.74, 6) is 0.429. The largest absolute Gasteiger partial charge is 0.505 e. The summed E-state index contributed by atoms with van der Waals surface area (Å²) in [5, 5.41) is 11.1. The van der Waals surface area contributed by atoms with E-state index in [9.17, 15) is 9.90 Å². The number of aliphatic hydroxyl groups is 1. The van der Waals surface area contributed by atoms with Gasteiger partial charge in [0.05, 0.1) is 8.07 Å². The molecule has 0 saturated heterocycles. The zero-order valence-corrected chi connectivity index (χ0v) is 12.7. The number of ketones is 1. The highest BCUT2D eigenvalue weighted by molar-refractivity contribution is 6.83. The van der Waals surface area contributed by atoms with Gasteiger partial charge in [-0.3, -0.25) is 4.79 Å². The molecule has 0 aliphatic heterocycles. The molecule has 1 N–H and O–H groups in total. The molecule has 1 aliphatic carbocycles. The van der Waals surface area contributed by atoms with Gasteiger partial charge in [-0.1, -0.05) is 52.2 Å². The molecule has 0 aromatic carbocycles. The number of hydrogen-bond acceptors (Lipinski definition) is 2. The van der Waals surface area contributed by atoms with E-state index in [1.54, 1.807) is 0 Å². The summed E-state index contributed by atoms with van der Waals surface area (Å²) in [6.45, 7) is 8.86. The number of hydrogen-bond donors (Lipinski definition) is 1. The quantitative estimate of drug-likeness (QED) is 0.569. The number of unbranched alkanes of at least 4 members (excludes halogenated alkanes) is 3. The number of allylic oxidation sites excluding steroid dienone is 2. The third-order valence-electron chi connectivity index (χ3n) is 3.57. The van der Waals surface area contributed by atoms with Gasteiger partial charge in [0.2, 0.25) is 0 Å². The molecule has 0 heterocycles. The van der Waals surface area contributed by atoms with Crippen molar-refractivity contribution in [1.29, 1.82) is 0 Å². The average Bonchev–Trinajstić information content (AvgIpc) is 2.49. The lowest BCUT2D eigenvalue weighted by atomic mass is 10.00. The molecule has 1 aliphatic rings. The number of aliphatic hydroxyl groups excluding tert-OH is 1. The third-order valence-corrected chi connectivity index (χ3v) is 5.83. The molecular weight excluding hydrogens is 228 g/mol. The standard InChI is InChI=1S/C14H26O2Si/c1-5-6-7-8-9-11-10-12(15)13(16)14(11)17(2,3)4/h11,16H,5-10H2,1-4H3. The van der Waals surface area contributed by atoms with E-state index in [2.05, 4.69) is 26.6 Å². The van der Waals surface area contributed by atoms with Crippen LogP contribution in [-0.4, -0.2) is 19.0 Å². The van der Waals surface area contributed by atoms with Gasteiger partial charge in [0, 0.05) is 6.42 Å². The van der Waals surface area contributed by atoms with Crippen molar-refractivity contribution in [2.45, 2.75) is 65.1 Å². The van der Waals surface area contributed by atoms with Crippen molar-refractivity contribution >= 4 is 13.9 Å². The maximum atomic E-state index is 11.6. The Hall–Kier alpha value is -0.573. The Labute approximate surface area is 106 Å². The second-order valence-corrected chi connectivity index (χ2v) is 11.2. The lowest BCUT2D eigenvalue weighted by molar-refractivity contribution is -0.117. The Bertz CT molecular complexity index is 313. The molecule has 0 aromatic heterocycles. The van der Waals surface area contributed by atoms with E-state index in [4.69, 9.17) is 0 Å². The molecule has 0 saturated carbocycles. The van der Waals surface area contributed by atoms with Gasteiger partial charge in [-0.25, -0.2) is 0 Å². The minimum atomic E-state index is -1.55. The predicted molar refractivity (Wildman–Crippen MR) is 74.9 cm³/mol. The molecule has 98 valence electrons. The Morgan fingerprint density at radius 3 is 2.41 bits per heavy atom. The van der Waals surface area contributed by atoms with E-state index >= 15 is 0 Å². The van der Waals surface area contributed by atoms with E-state index in [0.29, 0.717) is 12.3 Å². The maximum absolute atomic E-state index is 11.6. The number of rotatable bonds is 6. The van der Waals surface area contributed by atoms with Gasteiger partial charge in [-0.15, -0.1) is 0 Å². The van der Waals surface area contributed by atoms with Crippen molar-refractivity contribution in [3.05, 3.63) is 11.0 Å². The SMILES string of the molecule is CCCCCCC1CC(=O)C(O)=C1[Si](C)(C)C. The Balaban J connectivity index is 2.64. The number of carbonyl (C=O) groups excluding carboxylic acids is 1. The van der Waals surface area contributed by atoms with E-state index < -0.39 is 8.07 Å². The first-order valence-electron chi connectivity index (χ1n) is 6.84. The highest BCUT2D eigenvalue weighted by Gasteiger charge is 2.38. The summed E-state index contributed by atoms with van der Waals surface area (Å²) in [6, 6.07) is 0. The van der Waals surface area contributed by atoms with Crippen LogP contribution in [0, 0.1) is 5.92 Å². The minimum Gasteiger partial charge on any atom is -0.505 e. The third kappa shape index (κ3) is 3.70. The van der Waals surface area contributed by atoms with Crippen LogP contribution in [0.2, 0.25) is 19.6 Å². The number of Topliss-reactive ketones (excluding diaryl/α,β-unsaturated/α-hetero) is 1. The molecule has 0 radical (unpaired) electrons. The van der Waals surface area contributed by atoms with E-state index in [-0.39, 0.29) is 11.5 Å². The van der Waals surface area contributed by atoms with Crippen molar-refractivity contribution in [3.8, 4) is 0 Å². The second-order valence-electron chi connectivity index (χ2n) is 6.19. The Morgan fingerprint density at radius 1 is 1.24 bits per heavy atom. The van der Waals surface area contributed by atoms with Gasteiger partial charge < -0.3 is 5.11 Å². The molecule has 2 nitrogen and oxygen atoms in total. The van der Waals surface area contributed by atoms with Crippen molar-refractivity contribution in [2.75, 3.05) is 0 Å². The van der Waals surface area contributed by atoms with Crippen LogP contribution in [0.3, 0.4) is 0 Å². The molecule has 1 atom stereocenters. The first-order chi connectivity index (χ1) is 7.88. The highest BCUT2D eigenvalue weighted by Crippen LogP contribution is 2.37. The fourth-order valence-electron chi connectivity index (χ4n) is 2.80. The van der Waals surface area contributed by atoms with Crippen LogP contribution in [0.4, 0.5) is 0 Å². The van der Waals surface area contributed by atoms with Gasteiger partial charge in [0.1, 0.15) is 0 Å². The van der Waals surface area contributed by atoms with E-state index in [1.165, 1.54) is 25.7 Å². The molecule has 1 rings (SSSR count). The predicted octanol–water partition coefficient (Wildman–Crippen LogP) is 4.24. The van der Waals surface area contributed by atoms with Crippen LogP contribution in [-0.2, 0) is 4.79 Å². The molecule has 0 bridgehead atoms. The van der Waals surface area contributed by atoms with Crippen molar-refractivity contribution < 1.29 is 9.90 Å². The minimum absolute atomic E-state index is 0.0251. The summed E-state index contributed by atoms with van der Waals surface area (Å²) < 4.78 is 0. The van der Waals surface area contributed by atoms with E-state index in [0.717, 1.165) is 11.6 Å². The van der Waals surface area contributed by atoms with Crippen LogP contribution < -0.4 is 0 Å². The summed E-state index contributed by atoms with van der Waals surface area (Å²) in [6.07, 6.45) is 6.59. The van der Waals surface area contributed by atoms with Gasteiger partial charge >= 0.3 is 0 Å². The van der Waals surface area contributed by atoms with Gasteiger partial charge in [-0.2, -0.15) is 0 Å². The Morgan fingerprint density at radius 2 is 1.88 bits per heavy atom. The topological polar surface area (TPSA) is 37.3 Å². The monoisotopic (exact) mass is 254 g/mol. The molecule has 0 amide bonds. The first kappa shape index (κ1) is 14.5. The number of carbonyl (C=O) groups is 1. The molecular formula is C14H26O2Si. The fourth-order valence-corrected chi connectivity index (χ4v) is 5.12. The van der Waals surface area contributed by atoms with Gasteiger partial charge in [-0.05, 0) is 17.5 Å².